The van der Waals surface area contributed by atoms with Gasteiger partial charge in [-0.15, -0.1) is 11.8 Å². The number of carboxylic acids is 1. The van der Waals surface area contributed by atoms with Crippen molar-refractivity contribution < 1.29 is 19.4 Å². The van der Waals surface area contributed by atoms with Crippen LogP contribution in [-0.4, -0.2) is 28.9 Å². The van der Waals surface area contributed by atoms with Crippen LogP contribution >= 0.6 is 11.8 Å². The smallest absolute Gasteiger partial charge is 0.319 e. The topological polar surface area (TPSA) is 63.6 Å². The minimum Gasteiger partial charge on any atom is -0.481 e. The molecule has 1 N–H and O–H groups in total. The van der Waals surface area contributed by atoms with Crippen LogP contribution in [0.25, 0.3) is 0 Å². The molecule has 0 saturated carbocycles. The summed E-state index contributed by atoms with van der Waals surface area (Å²) in [5, 5.41) is 8.13. The number of benzene rings is 1. The summed E-state index contributed by atoms with van der Waals surface area (Å²) in [6.45, 7) is 1.97. The van der Waals surface area contributed by atoms with Gasteiger partial charge in [0, 0.05) is 5.75 Å². The van der Waals surface area contributed by atoms with E-state index in [0.717, 1.165) is 5.56 Å². The van der Waals surface area contributed by atoms with E-state index in [1.165, 1.54) is 11.8 Å². The van der Waals surface area contributed by atoms with E-state index in [9.17, 15) is 9.59 Å². The summed E-state index contributed by atoms with van der Waals surface area (Å²) in [6, 6.07) is 9.61. The number of hydrogen-bond donors (Lipinski definition) is 1. The summed E-state index contributed by atoms with van der Waals surface area (Å²) >= 11 is 1.30. The first-order valence-corrected chi connectivity index (χ1v) is 6.72. The maximum Gasteiger partial charge on any atom is 0.319 e. The highest BCUT2D eigenvalue weighted by atomic mass is 32.2. The molecule has 4 nitrogen and oxygen atoms in total. The van der Waals surface area contributed by atoms with Gasteiger partial charge in [-0.1, -0.05) is 30.3 Å². The van der Waals surface area contributed by atoms with Crippen molar-refractivity contribution >= 4 is 23.7 Å². The van der Waals surface area contributed by atoms with Gasteiger partial charge in [-0.05, 0) is 12.5 Å². The first-order chi connectivity index (χ1) is 8.63. The molecule has 0 heterocycles. The molecule has 0 bridgehead atoms. The van der Waals surface area contributed by atoms with Gasteiger partial charge >= 0.3 is 11.9 Å². The van der Waals surface area contributed by atoms with Crippen LogP contribution in [0.5, 0.6) is 0 Å². The number of thioether (sulfide) groups is 1. The van der Waals surface area contributed by atoms with Crippen LogP contribution in [0, 0.1) is 0 Å². The van der Waals surface area contributed by atoms with E-state index in [0.29, 0.717) is 5.75 Å². The van der Waals surface area contributed by atoms with Gasteiger partial charge in [0.15, 0.2) is 0 Å². The summed E-state index contributed by atoms with van der Waals surface area (Å²) in [6.07, 6.45) is -0.212. The molecule has 0 aromatic heterocycles. The van der Waals surface area contributed by atoms with E-state index >= 15 is 0 Å². The third-order valence-corrected chi connectivity index (χ3v) is 3.46. The Hall–Kier alpha value is -1.49. The largest absolute Gasteiger partial charge is 0.481 e. The van der Waals surface area contributed by atoms with E-state index in [2.05, 4.69) is 0 Å². The van der Waals surface area contributed by atoms with Gasteiger partial charge in [-0.2, -0.15) is 0 Å². The fourth-order valence-electron chi connectivity index (χ4n) is 1.38. The summed E-state index contributed by atoms with van der Waals surface area (Å²) in [5.74, 6) is -0.855. The normalized spacial score (nSPS) is 11.8. The van der Waals surface area contributed by atoms with E-state index in [1.54, 1.807) is 6.92 Å². The van der Waals surface area contributed by atoms with Crippen LogP contribution in [0.4, 0.5) is 0 Å². The maximum absolute atomic E-state index is 11.6. The Balaban J connectivity index is 2.55. The summed E-state index contributed by atoms with van der Waals surface area (Å²) in [5.41, 5.74) is 1.06. The van der Waals surface area contributed by atoms with Gasteiger partial charge in [-0.3, -0.25) is 9.59 Å². The van der Waals surface area contributed by atoms with Crippen molar-refractivity contribution in [3.8, 4) is 0 Å². The Morgan fingerprint density at radius 1 is 1.33 bits per heavy atom. The van der Waals surface area contributed by atoms with E-state index < -0.39 is 17.2 Å². The first kappa shape index (κ1) is 14.6. The van der Waals surface area contributed by atoms with Crippen molar-refractivity contribution in [3.63, 3.8) is 0 Å². The van der Waals surface area contributed by atoms with Crippen LogP contribution in [0.15, 0.2) is 30.3 Å². The zero-order valence-electron chi connectivity index (χ0n) is 10.2. The lowest BCUT2D eigenvalue weighted by molar-refractivity contribution is -0.146. The molecule has 0 fully saturated rings. The monoisotopic (exact) mass is 268 g/mol. The number of rotatable bonds is 7. The second kappa shape index (κ2) is 7.76. The molecule has 0 aliphatic rings. The predicted molar refractivity (Wildman–Crippen MR) is 70.4 cm³/mol. The van der Waals surface area contributed by atoms with E-state index in [-0.39, 0.29) is 13.0 Å². The minimum absolute atomic E-state index is 0.212. The molecule has 98 valence electrons. The Kier molecular flexibility index (Phi) is 6.28. The van der Waals surface area contributed by atoms with Crippen LogP contribution in [0.2, 0.25) is 0 Å². The van der Waals surface area contributed by atoms with Gasteiger partial charge in [0.2, 0.25) is 0 Å². The molecular formula is C13H16O4S. The lowest BCUT2D eigenvalue weighted by Gasteiger charge is -2.13. The van der Waals surface area contributed by atoms with E-state index in [4.69, 9.17) is 9.84 Å². The average Bonchev–Trinajstić information content (AvgIpc) is 2.35. The van der Waals surface area contributed by atoms with Crippen molar-refractivity contribution in [3.05, 3.63) is 35.9 Å². The van der Waals surface area contributed by atoms with Crippen molar-refractivity contribution in [1.82, 2.24) is 0 Å². The molecule has 0 unspecified atom stereocenters. The molecule has 1 rings (SSSR count). The summed E-state index contributed by atoms with van der Waals surface area (Å²) < 4.78 is 4.87. The molecule has 0 radical (unpaired) electrons. The highest BCUT2D eigenvalue weighted by molar-refractivity contribution is 7.99. The third-order valence-electron chi connectivity index (χ3n) is 2.20. The number of esters is 1. The molecule has 1 aromatic carbocycles. The molecule has 18 heavy (non-hydrogen) atoms. The molecule has 0 aliphatic carbocycles. The van der Waals surface area contributed by atoms with Gasteiger partial charge in [0.25, 0.3) is 0 Å². The SMILES string of the molecule is CCOC(=O)[C@@H](CC(=O)O)SCc1ccccc1. The van der Waals surface area contributed by atoms with Gasteiger partial charge in [-0.25, -0.2) is 0 Å². The number of carbonyl (C=O) groups is 2. The molecular weight excluding hydrogens is 252 g/mol. The summed E-state index contributed by atoms with van der Waals surface area (Å²) in [4.78, 5) is 22.3. The molecule has 0 amide bonds. The zero-order valence-corrected chi connectivity index (χ0v) is 11.0. The lowest BCUT2D eigenvalue weighted by Crippen LogP contribution is -2.23. The molecule has 5 heteroatoms. The first-order valence-electron chi connectivity index (χ1n) is 5.67. The van der Waals surface area contributed by atoms with Crippen molar-refractivity contribution in [2.45, 2.75) is 24.3 Å². The number of ether oxygens (including phenoxy) is 1. The molecule has 0 spiro atoms. The quantitative estimate of drug-likeness (QED) is 0.769. The average molecular weight is 268 g/mol. The van der Waals surface area contributed by atoms with Gasteiger partial charge in [0.05, 0.1) is 13.0 Å². The van der Waals surface area contributed by atoms with E-state index in [1.807, 2.05) is 30.3 Å². The van der Waals surface area contributed by atoms with Crippen molar-refractivity contribution in [2.75, 3.05) is 6.61 Å². The van der Waals surface area contributed by atoms with Crippen LogP contribution in [0.1, 0.15) is 18.9 Å². The second-order valence-electron chi connectivity index (χ2n) is 3.64. The predicted octanol–water partition coefficient (Wildman–Crippen LogP) is 2.33. The molecule has 0 saturated heterocycles. The van der Waals surface area contributed by atoms with Crippen LogP contribution < -0.4 is 0 Å². The fourth-order valence-corrected chi connectivity index (χ4v) is 2.43. The number of aliphatic carboxylic acids is 1. The van der Waals surface area contributed by atoms with Crippen molar-refractivity contribution in [1.29, 1.82) is 0 Å². The van der Waals surface area contributed by atoms with Gasteiger partial charge < -0.3 is 9.84 Å². The highest BCUT2D eigenvalue weighted by Gasteiger charge is 2.23. The second-order valence-corrected chi connectivity index (χ2v) is 4.83. The Morgan fingerprint density at radius 3 is 2.56 bits per heavy atom. The Labute approximate surface area is 110 Å². The number of carboxylic acid groups (broad SMARTS) is 1. The molecule has 0 aliphatic heterocycles. The zero-order chi connectivity index (χ0) is 13.4. The van der Waals surface area contributed by atoms with Crippen LogP contribution in [0.3, 0.4) is 0 Å². The number of hydrogen-bond acceptors (Lipinski definition) is 4. The third kappa shape index (κ3) is 5.23. The van der Waals surface area contributed by atoms with Crippen LogP contribution in [-0.2, 0) is 20.1 Å². The Bertz CT molecular complexity index is 391. The minimum atomic E-state index is -0.992. The molecule has 1 atom stereocenters. The fraction of sp³-hybridized carbons (Fsp3) is 0.385. The molecule has 1 aromatic rings. The Morgan fingerprint density at radius 2 is 2.00 bits per heavy atom. The van der Waals surface area contributed by atoms with Gasteiger partial charge in [0.1, 0.15) is 5.25 Å². The lowest BCUT2D eigenvalue weighted by atomic mass is 10.2. The highest BCUT2D eigenvalue weighted by Crippen LogP contribution is 2.21. The van der Waals surface area contributed by atoms with Crippen molar-refractivity contribution in [2.24, 2.45) is 0 Å². The summed E-state index contributed by atoms with van der Waals surface area (Å²) in [7, 11) is 0. The number of carbonyl (C=O) groups excluding carboxylic acids is 1. The standard InChI is InChI=1S/C13H16O4S/c1-2-17-13(16)11(8-12(14)15)18-9-10-6-4-3-5-7-10/h3-7,11H,2,8-9H2,1H3,(H,14,15)/t11-/m1/s1. The maximum atomic E-state index is 11.6.